The van der Waals surface area contributed by atoms with Crippen molar-refractivity contribution in [3.05, 3.63) is 23.5 Å². The molecule has 1 heterocycles. The third-order valence-corrected chi connectivity index (χ3v) is 4.45. The van der Waals surface area contributed by atoms with Gasteiger partial charge in [0.05, 0.1) is 4.90 Å². The van der Waals surface area contributed by atoms with E-state index in [2.05, 4.69) is 9.71 Å². The number of nitrogens with one attached hydrogen (secondary N) is 1. The number of nitrogens with zero attached hydrogens (tertiary/aromatic N) is 1. The Kier molecular flexibility index (Phi) is 4.01. The zero-order chi connectivity index (χ0) is 12.3. The molecule has 0 spiro atoms. The standard InChI is InChI=1S/C11H15ClN2O2S/c12-11-8-10(5-7-13-11)17(15,16)14-6-1-2-9-3-4-9/h5,7-9,14H,1-4,6H2. The summed E-state index contributed by atoms with van der Waals surface area (Å²) in [6.45, 7) is 0.485. The van der Waals surface area contributed by atoms with Crippen LogP contribution < -0.4 is 4.72 Å². The number of hydrogen-bond donors (Lipinski definition) is 1. The van der Waals surface area contributed by atoms with Crippen LogP contribution in [0.1, 0.15) is 25.7 Å². The van der Waals surface area contributed by atoms with E-state index >= 15 is 0 Å². The van der Waals surface area contributed by atoms with E-state index in [1.54, 1.807) is 0 Å². The quantitative estimate of drug-likeness (QED) is 0.639. The average Bonchev–Trinajstić information content (AvgIpc) is 3.08. The van der Waals surface area contributed by atoms with Gasteiger partial charge in [0.2, 0.25) is 10.0 Å². The second-order valence-electron chi connectivity index (χ2n) is 4.30. The highest BCUT2D eigenvalue weighted by Crippen LogP contribution is 2.33. The molecule has 1 aromatic heterocycles. The van der Waals surface area contributed by atoms with Crippen molar-refractivity contribution in [1.29, 1.82) is 0 Å². The molecule has 1 aliphatic rings. The number of pyridine rings is 1. The molecule has 1 N–H and O–H groups in total. The van der Waals surface area contributed by atoms with E-state index in [1.807, 2.05) is 0 Å². The molecule has 94 valence electrons. The molecular weight excluding hydrogens is 260 g/mol. The lowest BCUT2D eigenvalue weighted by Gasteiger charge is -2.06. The lowest BCUT2D eigenvalue weighted by Crippen LogP contribution is -2.24. The summed E-state index contributed by atoms with van der Waals surface area (Å²) in [6, 6.07) is 2.79. The molecule has 0 bridgehead atoms. The largest absolute Gasteiger partial charge is 0.244 e. The molecule has 1 aromatic rings. The van der Waals surface area contributed by atoms with Gasteiger partial charge in [-0.3, -0.25) is 0 Å². The predicted octanol–water partition coefficient (Wildman–Crippen LogP) is 2.20. The molecular formula is C11H15ClN2O2S. The summed E-state index contributed by atoms with van der Waals surface area (Å²) < 4.78 is 26.3. The summed E-state index contributed by atoms with van der Waals surface area (Å²) in [7, 11) is -3.43. The van der Waals surface area contributed by atoms with Gasteiger partial charge in [0.25, 0.3) is 0 Å². The number of aromatic nitrogens is 1. The summed E-state index contributed by atoms with van der Waals surface area (Å²) in [5, 5.41) is 0.186. The first-order chi connectivity index (χ1) is 8.08. The SMILES string of the molecule is O=S(=O)(NCCCC1CC1)c1ccnc(Cl)c1. The van der Waals surface area contributed by atoms with Crippen molar-refractivity contribution >= 4 is 21.6 Å². The second kappa shape index (κ2) is 5.33. The maximum atomic E-state index is 11.8. The fourth-order valence-electron chi connectivity index (χ4n) is 1.64. The van der Waals surface area contributed by atoms with Crippen molar-refractivity contribution in [2.75, 3.05) is 6.54 Å². The number of rotatable bonds is 6. The summed E-state index contributed by atoms with van der Waals surface area (Å²) in [5.74, 6) is 0.829. The first-order valence-corrected chi connectivity index (χ1v) is 7.55. The molecule has 1 fully saturated rings. The van der Waals surface area contributed by atoms with Crippen LogP contribution in [0.3, 0.4) is 0 Å². The third kappa shape index (κ3) is 3.94. The zero-order valence-electron chi connectivity index (χ0n) is 9.39. The number of halogens is 1. The molecule has 4 nitrogen and oxygen atoms in total. The molecule has 0 radical (unpaired) electrons. The summed E-state index contributed by atoms with van der Waals surface area (Å²) in [4.78, 5) is 3.92. The Morgan fingerprint density at radius 1 is 1.47 bits per heavy atom. The second-order valence-corrected chi connectivity index (χ2v) is 6.45. The van der Waals surface area contributed by atoms with Crippen LogP contribution >= 0.6 is 11.6 Å². The molecule has 17 heavy (non-hydrogen) atoms. The Hall–Kier alpha value is -0.650. The van der Waals surface area contributed by atoms with Crippen LogP contribution in [0.5, 0.6) is 0 Å². The predicted molar refractivity (Wildman–Crippen MR) is 66.4 cm³/mol. The van der Waals surface area contributed by atoms with Gasteiger partial charge in [-0.05, 0) is 30.9 Å². The lowest BCUT2D eigenvalue weighted by atomic mass is 10.2. The van der Waals surface area contributed by atoms with Gasteiger partial charge in [0.15, 0.2) is 0 Å². The molecule has 2 rings (SSSR count). The van der Waals surface area contributed by atoms with E-state index in [0.29, 0.717) is 6.54 Å². The van der Waals surface area contributed by atoms with E-state index in [0.717, 1.165) is 18.8 Å². The third-order valence-electron chi connectivity index (χ3n) is 2.79. The van der Waals surface area contributed by atoms with Crippen molar-refractivity contribution in [3.63, 3.8) is 0 Å². The Bertz CT molecular complexity index is 486. The van der Waals surface area contributed by atoms with Crippen LogP contribution in [0.4, 0.5) is 0 Å². The van der Waals surface area contributed by atoms with E-state index < -0.39 is 10.0 Å². The monoisotopic (exact) mass is 274 g/mol. The Balaban J connectivity index is 1.88. The molecule has 0 atom stereocenters. The zero-order valence-corrected chi connectivity index (χ0v) is 11.0. The maximum absolute atomic E-state index is 11.8. The molecule has 0 aliphatic heterocycles. The van der Waals surface area contributed by atoms with Crippen molar-refractivity contribution in [2.45, 2.75) is 30.6 Å². The average molecular weight is 275 g/mol. The molecule has 0 unspecified atom stereocenters. The lowest BCUT2D eigenvalue weighted by molar-refractivity contribution is 0.572. The Morgan fingerprint density at radius 2 is 2.24 bits per heavy atom. The Labute approximate surface area is 106 Å². The van der Waals surface area contributed by atoms with Crippen LogP contribution in [0.2, 0.25) is 5.15 Å². The summed E-state index contributed by atoms with van der Waals surface area (Å²) >= 11 is 5.66. The Morgan fingerprint density at radius 3 is 2.88 bits per heavy atom. The normalized spacial score (nSPS) is 16.1. The molecule has 1 saturated carbocycles. The summed E-state index contributed by atoms with van der Waals surface area (Å²) in [6.07, 6.45) is 5.99. The van der Waals surface area contributed by atoms with Gasteiger partial charge in [0.1, 0.15) is 5.15 Å². The minimum absolute atomic E-state index is 0.170. The van der Waals surface area contributed by atoms with Crippen LogP contribution in [-0.2, 0) is 10.0 Å². The van der Waals surface area contributed by atoms with Gasteiger partial charge < -0.3 is 0 Å². The maximum Gasteiger partial charge on any atom is 0.240 e. The van der Waals surface area contributed by atoms with Gasteiger partial charge in [-0.15, -0.1) is 0 Å². The van der Waals surface area contributed by atoms with Crippen molar-refractivity contribution in [3.8, 4) is 0 Å². The minimum atomic E-state index is -3.43. The fraction of sp³-hybridized carbons (Fsp3) is 0.545. The van der Waals surface area contributed by atoms with E-state index in [-0.39, 0.29) is 10.0 Å². The van der Waals surface area contributed by atoms with Gasteiger partial charge in [0, 0.05) is 12.7 Å². The topological polar surface area (TPSA) is 59.1 Å². The van der Waals surface area contributed by atoms with Crippen LogP contribution in [-0.4, -0.2) is 19.9 Å². The van der Waals surface area contributed by atoms with Crippen molar-refractivity contribution in [1.82, 2.24) is 9.71 Å². The highest BCUT2D eigenvalue weighted by Gasteiger charge is 2.20. The van der Waals surface area contributed by atoms with Gasteiger partial charge >= 0.3 is 0 Å². The van der Waals surface area contributed by atoms with Crippen molar-refractivity contribution < 1.29 is 8.42 Å². The van der Waals surface area contributed by atoms with E-state index in [9.17, 15) is 8.42 Å². The molecule has 0 saturated heterocycles. The van der Waals surface area contributed by atoms with E-state index in [4.69, 9.17) is 11.6 Å². The minimum Gasteiger partial charge on any atom is -0.244 e. The van der Waals surface area contributed by atoms with Crippen LogP contribution in [0, 0.1) is 5.92 Å². The first kappa shape index (κ1) is 12.8. The highest BCUT2D eigenvalue weighted by atomic mass is 35.5. The number of hydrogen-bond acceptors (Lipinski definition) is 3. The molecule has 6 heteroatoms. The van der Waals surface area contributed by atoms with Gasteiger partial charge in [-0.25, -0.2) is 18.1 Å². The smallest absolute Gasteiger partial charge is 0.240 e. The molecule has 1 aliphatic carbocycles. The van der Waals surface area contributed by atoms with E-state index in [1.165, 1.54) is 31.2 Å². The molecule has 0 amide bonds. The van der Waals surface area contributed by atoms with Crippen molar-refractivity contribution in [2.24, 2.45) is 5.92 Å². The fourth-order valence-corrected chi connectivity index (χ4v) is 2.96. The molecule has 0 aromatic carbocycles. The first-order valence-electron chi connectivity index (χ1n) is 5.69. The highest BCUT2D eigenvalue weighted by molar-refractivity contribution is 7.89. The van der Waals surface area contributed by atoms with Crippen LogP contribution in [0.25, 0.3) is 0 Å². The number of sulfonamides is 1. The van der Waals surface area contributed by atoms with Crippen LogP contribution in [0.15, 0.2) is 23.2 Å². The van der Waals surface area contributed by atoms with Gasteiger partial charge in [-0.2, -0.15) is 0 Å². The summed E-state index contributed by atoms with van der Waals surface area (Å²) in [5.41, 5.74) is 0. The van der Waals surface area contributed by atoms with Gasteiger partial charge in [-0.1, -0.05) is 24.4 Å².